The van der Waals surface area contributed by atoms with E-state index in [-0.39, 0.29) is 0 Å². The molecule has 1 aromatic rings. The van der Waals surface area contributed by atoms with Crippen molar-refractivity contribution in [1.29, 1.82) is 0 Å². The normalized spacial score (nSPS) is 10.7. The maximum absolute atomic E-state index is 5.39. The van der Waals surface area contributed by atoms with Crippen LogP contribution in [0.5, 0.6) is 0 Å². The van der Waals surface area contributed by atoms with E-state index >= 15 is 0 Å². The molecule has 0 aromatic carbocycles. The second-order valence-corrected chi connectivity index (χ2v) is 3.92. The number of hydrogen-bond acceptors (Lipinski definition) is 5. The zero-order valence-corrected chi connectivity index (χ0v) is 8.80. The van der Waals surface area contributed by atoms with E-state index in [9.17, 15) is 0 Å². The van der Waals surface area contributed by atoms with E-state index in [4.69, 9.17) is 4.74 Å². The lowest BCUT2D eigenvalue weighted by atomic mass is 10.2. The molecule has 0 bridgehead atoms. The molecule has 1 heterocycles. The highest BCUT2D eigenvalue weighted by Gasteiger charge is 1.95. The zero-order chi connectivity index (χ0) is 9.52. The number of rotatable bonds is 6. The minimum absolute atomic E-state index is 0.599. The van der Waals surface area contributed by atoms with E-state index < -0.39 is 0 Å². The van der Waals surface area contributed by atoms with Crippen LogP contribution in [0.3, 0.4) is 0 Å². The van der Waals surface area contributed by atoms with E-state index in [0.29, 0.717) is 5.92 Å². The van der Waals surface area contributed by atoms with Crippen LogP contribution in [0.15, 0.2) is 6.33 Å². The Balaban J connectivity index is 1.96. The molecule has 13 heavy (non-hydrogen) atoms. The minimum atomic E-state index is 0.599. The third-order valence-corrected chi connectivity index (χ3v) is 1.96. The average Bonchev–Trinajstić information content (AvgIpc) is 2.55. The van der Waals surface area contributed by atoms with Crippen LogP contribution in [0.4, 0.5) is 5.13 Å². The van der Waals surface area contributed by atoms with Gasteiger partial charge in [-0.2, -0.15) is 4.37 Å². The average molecular weight is 201 g/mol. The SMILES string of the molecule is CC(C)COCCNc1ncns1. The topological polar surface area (TPSA) is 47.0 Å². The lowest BCUT2D eigenvalue weighted by Crippen LogP contribution is -2.11. The summed E-state index contributed by atoms with van der Waals surface area (Å²) in [7, 11) is 0. The molecule has 0 atom stereocenters. The summed E-state index contributed by atoms with van der Waals surface area (Å²) in [6.07, 6.45) is 1.54. The van der Waals surface area contributed by atoms with Crippen molar-refractivity contribution in [2.45, 2.75) is 13.8 Å². The molecular weight excluding hydrogens is 186 g/mol. The lowest BCUT2D eigenvalue weighted by molar-refractivity contribution is 0.118. The van der Waals surface area contributed by atoms with Gasteiger partial charge in [0.1, 0.15) is 6.33 Å². The molecule has 0 saturated heterocycles. The summed E-state index contributed by atoms with van der Waals surface area (Å²) < 4.78 is 9.26. The zero-order valence-electron chi connectivity index (χ0n) is 7.99. The fourth-order valence-corrected chi connectivity index (χ4v) is 1.26. The highest BCUT2D eigenvalue weighted by atomic mass is 32.1. The number of anilines is 1. The van der Waals surface area contributed by atoms with E-state index in [0.717, 1.165) is 24.9 Å². The van der Waals surface area contributed by atoms with Gasteiger partial charge in [-0.15, -0.1) is 0 Å². The molecule has 4 nitrogen and oxygen atoms in total. The van der Waals surface area contributed by atoms with Crippen LogP contribution in [0.1, 0.15) is 13.8 Å². The van der Waals surface area contributed by atoms with Crippen LogP contribution in [0.2, 0.25) is 0 Å². The van der Waals surface area contributed by atoms with Crippen LogP contribution in [0, 0.1) is 5.92 Å². The Morgan fingerprint density at radius 1 is 1.62 bits per heavy atom. The highest BCUT2D eigenvalue weighted by molar-refractivity contribution is 7.09. The maximum atomic E-state index is 5.39. The summed E-state index contributed by atoms with van der Waals surface area (Å²) >= 11 is 1.36. The van der Waals surface area contributed by atoms with Gasteiger partial charge in [-0.05, 0) is 5.92 Å². The van der Waals surface area contributed by atoms with Gasteiger partial charge < -0.3 is 10.1 Å². The summed E-state index contributed by atoms with van der Waals surface area (Å²) in [5, 5.41) is 3.97. The first-order valence-corrected chi connectivity index (χ1v) is 5.14. The quantitative estimate of drug-likeness (QED) is 0.710. The molecule has 74 valence electrons. The molecule has 5 heteroatoms. The molecular formula is C8H15N3OS. The van der Waals surface area contributed by atoms with Crippen molar-refractivity contribution < 1.29 is 4.74 Å². The van der Waals surface area contributed by atoms with E-state index in [1.165, 1.54) is 11.5 Å². The predicted molar refractivity (Wildman–Crippen MR) is 54.1 cm³/mol. The Hall–Kier alpha value is -0.680. The van der Waals surface area contributed by atoms with Crippen molar-refractivity contribution in [2.24, 2.45) is 5.92 Å². The van der Waals surface area contributed by atoms with E-state index in [1.807, 2.05) is 0 Å². The molecule has 0 amide bonds. The van der Waals surface area contributed by atoms with Gasteiger partial charge in [0.15, 0.2) is 0 Å². The van der Waals surface area contributed by atoms with Crippen molar-refractivity contribution in [3.05, 3.63) is 6.33 Å². The van der Waals surface area contributed by atoms with Gasteiger partial charge in [0.05, 0.1) is 6.61 Å². The van der Waals surface area contributed by atoms with Crippen molar-refractivity contribution in [3.63, 3.8) is 0 Å². The van der Waals surface area contributed by atoms with E-state index in [1.54, 1.807) is 6.33 Å². The largest absolute Gasteiger partial charge is 0.379 e. The fourth-order valence-electron chi connectivity index (χ4n) is 0.800. The van der Waals surface area contributed by atoms with Crippen LogP contribution in [-0.2, 0) is 4.74 Å². The smallest absolute Gasteiger partial charge is 0.202 e. The first kappa shape index (κ1) is 10.4. The molecule has 1 aromatic heterocycles. The van der Waals surface area contributed by atoms with Gasteiger partial charge in [-0.3, -0.25) is 0 Å². The molecule has 0 saturated carbocycles. The van der Waals surface area contributed by atoms with Crippen LogP contribution >= 0.6 is 11.5 Å². The standard InChI is InChI=1S/C8H15N3OS/c1-7(2)5-12-4-3-9-8-10-6-11-13-8/h6-7H,3-5H2,1-2H3,(H,9,10,11). The monoisotopic (exact) mass is 201 g/mol. The highest BCUT2D eigenvalue weighted by Crippen LogP contribution is 2.05. The van der Waals surface area contributed by atoms with Crippen molar-refractivity contribution >= 4 is 16.7 Å². The summed E-state index contributed by atoms with van der Waals surface area (Å²) in [4.78, 5) is 3.99. The Kier molecular flexibility index (Phi) is 4.70. The fraction of sp³-hybridized carbons (Fsp3) is 0.750. The third kappa shape index (κ3) is 4.80. The Morgan fingerprint density at radius 2 is 2.46 bits per heavy atom. The van der Waals surface area contributed by atoms with Gasteiger partial charge in [0, 0.05) is 24.7 Å². The van der Waals surface area contributed by atoms with Crippen LogP contribution < -0.4 is 5.32 Å². The van der Waals surface area contributed by atoms with Crippen LogP contribution in [-0.4, -0.2) is 29.1 Å². The van der Waals surface area contributed by atoms with Crippen molar-refractivity contribution in [2.75, 3.05) is 25.1 Å². The van der Waals surface area contributed by atoms with Gasteiger partial charge in [-0.25, -0.2) is 4.98 Å². The number of nitrogens with one attached hydrogen (secondary N) is 1. The number of nitrogens with zero attached hydrogens (tertiary/aromatic N) is 2. The lowest BCUT2D eigenvalue weighted by Gasteiger charge is -2.06. The summed E-state index contributed by atoms with van der Waals surface area (Å²) in [6.45, 7) is 6.60. The number of hydrogen-bond donors (Lipinski definition) is 1. The van der Waals surface area contributed by atoms with Gasteiger partial charge in [0.25, 0.3) is 0 Å². The first-order chi connectivity index (χ1) is 6.29. The Bertz CT molecular complexity index is 213. The van der Waals surface area contributed by atoms with Gasteiger partial charge in [-0.1, -0.05) is 13.8 Å². The number of aromatic nitrogens is 2. The molecule has 0 unspecified atom stereocenters. The second kappa shape index (κ2) is 5.88. The van der Waals surface area contributed by atoms with Crippen molar-refractivity contribution in [3.8, 4) is 0 Å². The van der Waals surface area contributed by atoms with Crippen LogP contribution in [0.25, 0.3) is 0 Å². The molecule has 1 rings (SSSR count). The van der Waals surface area contributed by atoms with Gasteiger partial charge >= 0.3 is 0 Å². The molecule has 0 fully saturated rings. The molecule has 0 radical (unpaired) electrons. The van der Waals surface area contributed by atoms with Gasteiger partial charge in [0.2, 0.25) is 5.13 Å². The molecule has 0 aliphatic heterocycles. The molecule has 0 spiro atoms. The summed E-state index contributed by atoms with van der Waals surface area (Å²) in [5.41, 5.74) is 0. The maximum Gasteiger partial charge on any atom is 0.202 e. The molecule has 0 aliphatic carbocycles. The first-order valence-electron chi connectivity index (χ1n) is 4.37. The molecule has 0 aliphatic rings. The minimum Gasteiger partial charge on any atom is -0.379 e. The summed E-state index contributed by atoms with van der Waals surface area (Å²) in [6, 6.07) is 0. The molecule has 1 N–H and O–H groups in total. The predicted octanol–water partition coefficient (Wildman–Crippen LogP) is 1.62. The van der Waals surface area contributed by atoms with Crippen molar-refractivity contribution in [1.82, 2.24) is 9.36 Å². The number of ether oxygens (including phenoxy) is 1. The Morgan fingerprint density at radius 3 is 3.08 bits per heavy atom. The third-order valence-electron chi connectivity index (χ3n) is 1.34. The summed E-state index contributed by atoms with van der Waals surface area (Å²) in [5.74, 6) is 0.599. The Labute approximate surface area is 82.5 Å². The second-order valence-electron chi connectivity index (χ2n) is 3.14. The van der Waals surface area contributed by atoms with E-state index in [2.05, 4.69) is 28.5 Å².